The maximum atomic E-state index is 3.22. The zero-order valence-electron chi connectivity index (χ0n) is 31.0. The van der Waals surface area contributed by atoms with Crippen molar-refractivity contribution in [1.29, 1.82) is 0 Å². The van der Waals surface area contributed by atoms with Gasteiger partial charge in [-0.1, -0.05) is 18.2 Å². The predicted octanol–water partition coefficient (Wildman–Crippen LogP) is 14.0. The number of hydrogen-bond acceptors (Lipinski definition) is 1. The molecule has 1 aromatic rings. The molecule has 0 aromatic heterocycles. The number of rotatable bonds is 7. The summed E-state index contributed by atoms with van der Waals surface area (Å²) in [4.78, 5) is 11.1. The van der Waals surface area contributed by atoms with E-state index in [4.69, 9.17) is 0 Å². The number of anilines is 1. The number of para-hydroxylation sites is 1. The molecule has 0 radical (unpaired) electrons. The molecule has 266 valence electrons. The van der Waals surface area contributed by atoms with E-state index in [1.165, 1.54) is 57.2 Å². The van der Waals surface area contributed by atoms with Gasteiger partial charge in [-0.25, -0.2) is 0 Å². The van der Waals surface area contributed by atoms with E-state index in [0.29, 0.717) is 15.8 Å². The number of benzene rings is 1. The number of nitrogens with zero attached hydrogens (tertiary/aromatic N) is 1. The van der Waals surface area contributed by atoms with Crippen molar-refractivity contribution in [3.05, 3.63) is 30.3 Å². The van der Waals surface area contributed by atoms with E-state index in [0.717, 1.165) is 16.7 Å². The van der Waals surface area contributed by atoms with Crippen LogP contribution in [0.2, 0.25) is 37.5 Å². The summed E-state index contributed by atoms with van der Waals surface area (Å²) in [6.45, 7) is 2.68. The third-order valence-electron chi connectivity index (χ3n) is 26.4. The molecule has 9 unspecified atom stereocenters. The van der Waals surface area contributed by atoms with Crippen LogP contribution in [-0.2, 0) is 6.51 Å². The Morgan fingerprint density at radius 1 is 0.500 bits per heavy atom. The van der Waals surface area contributed by atoms with Crippen LogP contribution in [0.1, 0.15) is 142 Å². The SMILES string of the molecule is CN(C)c1ccccc1.C[C]12[CH]3[CH]4[CH]5[C]1(P(C1CCCCC1)C1CCCCC1)[Fe]43521678[CH]2[CH]1[C]6(C)[C@@]7(P(C1CCCCC1)C1CCCCC1)[CH]28. The Hall–Kier alpha value is 0.399. The Morgan fingerprint density at radius 2 is 0.833 bits per heavy atom. The molecule has 0 amide bonds. The van der Waals surface area contributed by atoms with Crippen molar-refractivity contribution in [2.75, 3.05) is 19.0 Å². The van der Waals surface area contributed by atoms with E-state index in [-0.39, 0.29) is 0 Å². The van der Waals surface area contributed by atoms with E-state index in [1.54, 1.807) is 128 Å². The first-order valence-electron chi connectivity index (χ1n) is 21.7. The average Bonchev–Trinajstić information content (AvgIpc) is 4.11. The molecule has 10 heterocycles. The van der Waals surface area contributed by atoms with Crippen LogP contribution >= 0.6 is 15.8 Å². The molecule has 4 heteroatoms. The summed E-state index contributed by atoms with van der Waals surface area (Å²) in [6.07, 6.45) is 33.0. The van der Waals surface area contributed by atoms with Crippen molar-refractivity contribution in [2.45, 2.75) is 211 Å². The minimum atomic E-state index is -3.76. The molecule has 0 N–H and O–H groups in total. The Morgan fingerprint density at radius 3 is 1.06 bits per heavy atom. The van der Waals surface area contributed by atoms with Crippen LogP contribution in [0.4, 0.5) is 5.69 Å². The molecule has 10 atom stereocenters. The van der Waals surface area contributed by atoms with Crippen LogP contribution < -0.4 is 4.90 Å². The Labute approximate surface area is 286 Å². The van der Waals surface area contributed by atoms with Crippen molar-refractivity contribution in [3.63, 3.8) is 0 Å². The fourth-order valence-corrected chi connectivity index (χ4v) is 145. The van der Waals surface area contributed by atoms with E-state index in [9.17, 15) is 0 Å². The summed E-state index contributed by atoms with van der Waals surface area (Å²) < 4.78 is 4.43. The molecule has 14 fully saturated rings. The van der Waals surface area contributed by atoms with Crippen molar-refractivity contribution < 1.29 is 6.51 Å². The third-order valence-corrected chi connectivity index (χ3v) is 89.1. The molecule has 10 saturated heterocycles. The summed E-state index contributed by atoms with van der Waals surface area (Å²) in [6, 6.07) is 10.3. The van der Waals surface area contributed by atoms with Gasteiger partial charge in [-0.3, -0.25) is 0 Å². The van der Waals surface area contributed by atoms with Crippen molar-refractivity contribution in [1.82, 2.24) is 0 Å². The van der Waals surface area contributed by atoms with Gasteiger partial charge in [0.2, 0.25) is 0 Å². The van der Waals surface area contributed by atoms with Gasteiger partial charge in [0.05, 0.1) is 0 Å². The number of fused-ring (bicyclic) bond motifs is 10. The van der Waals surface area contributed by atoms with Crippen LogP contribution in [0.5, 0.6) is 0 Å². The molecule has 15 rings (SSSR count). The van der Waals surface area contributed by atoms with E-state index < -0.39 is 6.51 Å². The molecule has 1 aromatic carbocycles. The second-order valence-corrected chi connectivity index (χ2v) is 52.6. The summed E-state index contributed by atoms with van der Waals surface area (Å²) >= 11 is 0. The first-order chi connectivity index (χ1) is 23.2. The van der Waals surface area contributed by atoms with Gasteiger partial charge in [0, 0.05) is 19.8 Å². The van der Waals surface area contributed by atoms with Gasteiger partial charge >= 0.3 is 233 Å². The van der Waals surface area contributed by atoms with Gasteiger partial charge in [0.15, 0.2) is 0 Å². The van der Waals surface area contributed by atoms with E-state index in [1.807, 2.05) is 32.3 Å². The first-order valence-corrected chi connectivity index (χ1v) is 30.7. The Bertz CT molecular complexity index is 1890. The summed E-state index contributed by atoms with van der Waals surface area (Å²) in [5.74, 6) is 0. The monoisotopic (exact) mass is 727 g/mol. The van der Waals surface area contributed by atoms with Crippen LogP contribution in [0.25, 0.3) is 0 Å². The average molecular weight is 728 g/mol. The van der Waals surface area contributed by atoms with E-state index in [2.05, 4.69) is 30.9 Å². The molecular weight excluding hydrogens is 660 g/mol. The molecule has 1 nitrogen and oxygen atoms in total. The van der Waals surface area contributed by atoms with Gasteiger partial charge in [-0.2, -0.15) is 0 Å². The molecule has 0 bridgehead atoms. The summed E-state index contributed by atoms with van der Waals surface area (Å²) in [5, 5.41) is 0. The van der Waals surface area contributed by atoms with Crippen molar-refractivity contribution >= 4 is 21.5 Å². The topological polar surface area (TPSA) is 3.24 Å². The Kier molecular flexibility index (Phi) is 3.30. The van der Waals surface area contributed by atoms with Crippen LogP contribution in [0.3, 0.4) is 0 Å². The van der Waals surface area contributed by atoms with Gasteiger partial charge in [-0.05, 0) is 12.1 Å². The minimum absolute atomic E-state index is 0.324. The van der Waals surface area contributed by atoms with Crippen LogP contribution in [-0.4, -0.2) is 44.8 Å². The second-order valence-electron chi connectivity index (χ2n) is 22.8. The quantitative estimate of drug-likeness (QED) is 0.200. The zero-order valence-corrected chi connectivity index (χ0v) is 33.9. The van der Waals surface area contributed by atoms with Gasteiger partial charge in [0.25, 0.3) is 0 Å². The van der Waals surface area contributed by atoms with Crippen molar-refractivity contribution in [3.8, 4) is 0 Å². The maximum absolute atomic E-state index is 3.76. The third kappa shape index (κ3) is 0.898. The molecule has 48 heavy (non-hydrogen) atoms. The zero-order chi connectivity index (χ0) is 32.1. The van der Waals surface area contributed by atoms with Gasteiger partial charge in [0.1, 0.15) is 0 Å². The molecule has 10 aliphatic heterocycles. The van der Waals surface area contributed by atoms with Gasteiger partial charge < -0.3 is 4.90 Å². The Balaban J connectivity index is 0.000000244. The molecular formula is C44H67FeNP2. The second kappa shape index (κ2) is 5.48. The first kappa shape index (κ1) is 28.8. The molecule has 4 saturated carbocycles. The predicted molar refractivity (Wildman–Crippen MR) is 207 cm³/mol. The molecule has 1 spiro atoms. The fraction of sp³-hybridized carbons (Fsp3) is 0.864. The van der Waals surface area contributed by atoms with Gasteiger partial charge in [-0.15, -0.1) is 0 Å². The van der Waals surface area contributed by atoms with Crippen molar-refractivity contribution in [2.24, 2.45) is 0 Å². The fourth-order valence-electron chi connectivity index (χ4n) is 28.6. The normalized spacial score (nSPS) is 63.6. The number of hydrogen-bond donors (Lipinski definition) is 0. The molecule has 14 aliphatic rings. The van der Waals surface area contributed by atoms with Crippen LogP contribution in [0.15, 0.2) is 30.3 Å². The standard InChI is InChI=1S/2C18H28P.C8H11N.Fe/c2*1-15-9-8-14-18(15)19(16-10-4-2-5-11-16)17-12-6-3-7-13-17;1-9(2)8-6-4-3-5-7-8;/h2*8-9,14,16-17H,2-7,10-13H2,1H3;3-7H,1-2H3;. The van der Waals surface area contributed by atoms with E-state index >= 15 is 0 Å². The summed E-state index contributed by atoms with van der Waals surface area (Å²) in [7, 11) is 4.72. The summed E-state index contributed by atoms with van der Waals surface area (Å²) in [5.41, 5.74) is 6.26. The molecule has 4 aliphatic carbocycles. The van der Waals surface area contributed by atoms with Crippen LogP contribution in [0, 0.1) is 0 Å².